The van der Waals surface area contributed by atoms with E-state index in [1.165, 1.54) is 0 Å². The molecule has 0 bridgehead atoms. The third-order valence-electron chi connectivity index (χ3n) is 4.70. The van der Waals surface area contributed by atoms with Crippen LogP contribution in [0, 0.1) is 0 Å². The van der Waals surface area contributed by atoms with Crippen LogP contribution in [0.5, 0.6) is 23.0 Å². The van der Waals surface area contributed by atoms with E-state index < -0.39 is 11.9 Å². The third-order valence-corrected chi connectivity index (χ3v) is 4.70. The van der Waals surface area contributed by atoms with Gasteiger partial charge in [-0.1, -0.05) is 24.2 Å². The van der Waals surface area contributed by atoms with Gasteiger partial charge in [0.1, 0.15) is 6.23 Å². The lowest BCUT2D eigenvalue weighted by Gasteiger charge is -2.19. The van der Waals surface area contributed by atoms with Gasteiger partial charge in [-0.25, -0.2) is 9.59 Å². The minimum absolute atomic E-state index is 0.140. The molecule has 0 radical (unpaired) electrons. The first-order valence-electron chi connectivity index (χ1n) is 10.4. The van der Waals surface area contributed by atoms with E-state index in [1.807, 2.05) is 19.1 Å². The van der Waals surface area contributed by atoms with E-state index in [0.717, 1.165) is 36.9 Å². The maximum absolute atomic E-state index is 9.84. The Balaban J connectivity index is 0.000000604. The summed E-state index contributed by atoms with van der Waals surface area (Å²) in [6.07, 6.45) is 2.21. The molecule has 11 heteroatoms. The number of fused-ring (bicyclic) bond motifs is 1. The molecule has 0 aliphatic heterocycles. The number of carboxylic acid groups (broad SMARTS) is 2. The van der Waals surface area contributed by atoms with Gasteiger partial charge in [0.25, 0.3) is 0 Å². The molecule has 34 heavy (non-hydrogen) atoms. The van der Waals surface area contributed by atoms with Crippen molar-refractivity contribution in [3.8, 4) is 23.0 Å². The molecule has 3 rings (SSSR count). The molecule has 4 N–H and O–H groups in total. The van der Waals surface area contributed by atoms with E-state index in [0.29, 0.717) is 22.8 Å². The number of nitrogens with one attached hydrogen (secondary N) is 1. The summed E-state index contributed by atoms with van der Waals surface area (Å²) in [6.45, 7) is 2.77. The van der Waals surface area contributed by atoms with Crippen molar-refractivity contribution in [2.45, 2.75) is 32.4 Å². The smallest absolute Gasteiger partial charge is 0.414 e. The van der Waals surface area contributed by atoms with Crippen LogP contribution in [0.15, 0.2) is 40.9 Å². The Bertz CT molecular complexity index is 1090. The maximum atomic E-state index is 9.84. The van der Waals surface area contributed by atoms with E-state index in [4.69, 9.17) is 38.5 Å². The molecule has 1 aromatic heterocycles. The van der Waals surface area contributed by atoms with Gasteiger partial charge in [-0.3, -0.25) is 5.32 Å². The molecule has 1 heterocycles. The van der Waals surface area contributed by atoms with Crippen LogP contribution in [0.1, 0.15) is 25.5 Å². The number of rotatable bonds is 10. The Morgan fingerprint density at radius 1 is 1.06 bits per heavy atom. The number of phenols is 1. The van der Waals surface area contributed by atoms with Crippen LogP contribution in [0.25, 0.3) is 11.0 Å². The zero-order valence-corrected chi connectivity index (χ0v) is 19.1. The highest BCUT2D eigenvalue weighted by molar-refractivity contribution is 6.27. The van der Waals surface area contributed by atoms with Crippen molar-refractivity contribution < 1.29 is 43.6 Å². The number of carbonyl (C=O) groups is 2. The molecule has 0 saturated carbocycles. The molecule has 11 nitrogen and oxygen atoms in total. The third kappa shape index (κ3) is 7.27. The summed E-state index contributed by atoms with van der Waals surface area (Å²) in [7, 11) is 3.20. The maximum Gasteiger partial charge on any atom is 0.414 e. The second-order valence-electron chi connectivity index (χ2n) is 6.98. The van der Waals surface area contributed by atoms with Gasteiger partial charge in [-0.15, -0.1) is 0 Å². The number of carboxylic acids is 2. The zero-order chi connectivity index (χ0) is 25.1. The monoisotopic (exact) mass is 476 g/mol. The number of methoxy groups -OCH3 is 2. The Kier molecular flexibility index (Phi) is 9.96. The van der Waals surface area contributed by atoms with Crippen molar-refractivity contribution in [3.05, 3.63) is 42.1 Å². The van der Waals surface area contributed by atoms with Crippen LogP contribution in [-0.4, -0.2) is 59.4 Å². The fourth-order valence-electron chi connectivity index (χ4n) is 2.99. The number of hydrogen-bond acceptors (Lipinski definition) is 9. The van der Waals surface area contributed by atoms with Crippen molar-refractivity contribution in [2.24, 2.45) is 0 Å². The molecule has 0 saturated heterocycles. The van der Waals surface area contributed by atoms with Gasteiger partial charge in [0.2, 0.25) is 0 Å². The van der Waals surface area contributed by atoms with Crippen molar-refractivity contribution >= 4 is 22.9 Å². The number of ether oxygens (including phenoxy) is 3. The fourth-order valence-corrected chi connectivity index (χ4v) is 2.99. The van der Waals surface area contributed by atoms with Gasteiger partial charge < -0.3 is 34.1 Å². The first-order chi connectivity index (χ1) is 16.3. The molecular formula is C23H28N2O9. The average molecular weight is 476 g/mol. The van der Waals surface area contributed by atoms with Crippen LogP contribution in [0.3, 0.4) is 0 Å². The first kappa shape index (κ1) is 26.3. The quantitative estimate of drug-likeness (QED) is 0.193. The molecule has 0 amide bonds. The van der Waals surface area contributed by atoms with Crippen molar-refractivity contribution in [2.75, 3.05) is 20.8 Å². The lowest BCUT2D eigenvalue weighted by Crippen LogP contribution is -2.34. The van der Waals surface area contributed by atoms with Crippen LogP contribution in [-0.2, 0) is 16.0 Å². The molecule has 0 aliphatic rings. The van der Waals surface area contributed by atoms with Gasteiger partial charge in [0.05, 0.1) is 19.9 Å². The van der Waals surface area contributed by atoms with Crippen LogP contribution >= 0.6 is 0 Å². The molecular weight excluding hydrogens is 448 g/mol. The van der Waals surface area contributed by atoms with Crippen molar-refractivity contribution in [1.82, 2.24) is 10.5 Å². The second kappa shape index (κ2) is 12.9. The fraction of sp³-hybridized carbons (Fsp3) is 0.348. The lowest BCUT2D eigenvalue weighted by atomic mass is 10.1. The summed E-state index contributed by atoms with van der Waals surface area (Å²) in [6, 6.07) is 10.6. The molecule has 1 unspecified atom stereocenters. The SMILES string of the molecule is CCC(NCCCc1noc2cc(OC)c(OC)cc12)Oc1ccccc1O.O=C(O)C(=O)O. The highest BCUT2D eigenvalue weighted by Gasteiger charge is 2.14. The molecule has 184 valence electrons. The van der Waals surface area contributed by atoms with E-state index in [-0.39, 0.29) is 12.0 Å². The minimum atomic E-state index is -1.82. The number of benzene rings is 2. The standard InChI is InChI=1S/C21H26N2O5.C2H2O4/c1-4-21(27-17-10-6-5-9-16(17)24)22-11-7-8-15-14-12-19(25-2)20(26-3)13-18(14)28-23-15;3-1(4)2(5)6/h5-6,9-10,12-13,21-22,24H,4,7-8,11H2,1-3H3;(H,3,4)(H,5,6). The van der Waals surface area contributed by atoms with Crippen molar-refractivity contribution in [3.63, 3.8) is 0 Å². The molecule has 2 aromatic carbocycles. The highest BCUT2D eigenvalue weighted by atomic mass is 16.5. The number of nitrogens with zero attached hydrogens (tertiary/aromatic N) is 1. The summed E-state index contributed by atoms with van der Waals surface area (Å²) in [5.41, 5.74) is 1.56. The van der Waals surface area contributed by atoms with Gasteiger partial charge in [-0.2, -0.15) is 0 Å². The summed E-state index contributed by atoms with van der Waals surface area (Å²) in [5.74, 6) is -1.76. The summed E-state index contributed by atoms with van der Waals surface area (Å²) >= 11 is 0. The van der Waals surface area contributed by atoms with Gasteiger partial charge in [0.15, 0.2) is 28.6 Å². The predicted octanol–water partition coefficient (Wildman–Crippen LogP) is 3.04. The van der Waals surface area contributed by atoms with E-state index >= 15 is 0 Å². The van der Waals surface area contributed by atoms with Crippen molar-refractivity contribution in [1.29, 1.82) is 0 Å². The number of aromatic hydroxyl groups is 1. The Morgan fingerprint density at radius 3 is 2.29 bits per heavy atom. The summed E-state index contributed by atoms with van der Waals surface area (Å²) < 4.78 is 21.9. The number of aliphatic carboxylic acids is 2. The zero-order valence-electron chi connectivity index (χ0n) is 19.1. The van der Waals surface area contributed by atoms with E-state index in [2.05, 4.69) is 10.5 Å². The van der Waals surface area contributed by atoms with Crippen LogP contribution in [0.2, 0.25) is 0 Å². The Labute approximate surface area is 195 Å². The summed E-state index contributed by atoms with van der Waals surface area (Å²) in [4.78, 5) is 18.2. The lowest BCUT2D eigenvalue weighted by molar-refractivity contribution is -0.159. The number of para-hydroxylation sites is 2. The van der Waals surface area contributed by atoms with E-state index in [1.54, 1.807) is 38.5 Å². The second-order valence-corrected chi connectivity index (χ2v) is 6.98. The normalized spacial score (nSPS) is 11.3. The van der Waals surface area contributed by atoms with Crippen LogP contribution < -0.4 is 19.5 Å². The molecule has 0 fully saturated rings. The van der Waals surface area contributed by atoms with E-state index in [9.17, 15) is 5.11 Å². The van der Waals surface area contributed by atoms with Gasteiger partial charge in [0, 0.05) is 11.5 Å². The largest absolute Gasteiger partial charge is 0.504 e. The molecule has 0 spiro atoms. The topological polar surface area (TPSA) is 161 Å². The average Bonchev–Trinajstić information content (AvgIpc) is 3.23. The van der Waals surface area contributed by atoms with Crippen LogP contribution in [0.4, 0.5) is 0 Å². The predicted molar refractivity (Wildman–Crippen MR) is 122 cm³/mol. The summed E-state index contributed by atoms with van der Waals surface area (Å²) in [5, 5.41) is 33.1. The number of phenolic OH excluding ortho intramolecular Hbond substituents is 1. The first-order valence-corrected chi connectivity index (χ1v) is 10.4. The molecule has 3 aromatic rings. The number of aromatic nitrogens is 1. The highest BCUT2D eigenvalue weighted by Crippen LogP contribution is 2.34. The molecule has 1 atom stereocenters. The number of hydrogen-bond donors (Lipinski definition) is 4. The molecule has 0 aliphatic carbocycles. The van der Waals surface area contributed by atoms with Gasteiger partial charge in [-0.05, 0) is 44.0 Å². The number of aryl methyl sites for hydroxylation is 1. The van der Waals surface area contributed by atoms with Gasteiger partial charge >= 0.3 is 11.9 Å². The Hall–Kier alpha value is -3.99. The Morgan fingerprint density at radius 2 is 1.71 bits per heavy atom. The minimum Gasteiger partial charge on any atom is -0.504 e.